The van der Waals surface area contributed by atoms with Gasteiger partial charge in [0.1, 0.15) is 12.1 Å². The van der Waals surface area contributed by atoms with Crippen molar-refractivity contribution in [3.05, 3.63) is 89.5 Å². The summed E-state index contributed by atoms with van der Waals surface area (Å²) in [5, 5.41) is 10.4. The summed E-state index contributed by atoms with van der Waals surface area (Å²) in [4.78, 5) is 16.5. The molecular weight excluding hydrogens is 352 g/mol. The summed E-state index contributed by atoms with van der Waals surface area (Å²) in [5.74, 6) is -1.68. The highest BCUT2D eigenvalue weighted by Gasteiger charge is 2.09. The molecule has 1 aromatic carbocycles. The van der Waals surface area contributed by atoms with Crippen LogP contribution in [0.15, 0.2) is 61.2 Å². The van der Waals surface area contributed by atoms with Crippen LogP contribution in [0.3, 0.4) is 0 Å². The number of aromatic nitrogens is 4. The van der Waals surface area contributed by atoms with Gasteiger partial charge in [-0.2, -0.15) is 0 Å². The molecule has 0 unspecified atom stereocenters. The standard InChI is InChI=1S/C19H13F2N5O/c20-15-4-1-12(8-16(15)21)7-13-2-5-17(22-9-13)24-19(27)14-3-6-18-25-23-11-26(18)10-14/h1-6,8-11H,7H2,(H,22,24,27). The van der Waals surface area contributed by atoms with Crippen molar-refractivity contribution in [3.8, 4) is 0 Å². The number of pyridine rings is 2. The zero-order valence-electron chi connectivity index (χ0n) is 13.9. The number of nitrogens with one attached hydrogen (secondary N) is 1. The molecule has 6 nitrogen and oxygen atoms in total. The first kappa shape index (κ1) is 16.8. The van der Waals surface area contributed by atoms with Crippen LogP contribution in [-0.2, 0) is 6.42 Å². The molecule has 4 rings (SSSR count). The second-order valence-electron chi connectivity index (χ2n) is 5.95. The molecule has 0 aliphatic heterocycles. The number of amides is 1. The van der Waals surface area contributed by atoms with E-state index in [1.165, 1.54) is 12.4 Å². The molecular formula is C19H13F2N5O. The van der Waals surface area contributed by atoms with Crippen molar-refractivity contribution < 1.29 is 13.6 Å². The molecule has 0 radical (unpaired) electrons. The van der Waals surface area contributed by atoms with Gasteiger partial charge in [-0.15, -0.1) is 10.2 Å². The molecule has 0 saturated carbocycles. The number of hydrogen-bond acceptors (Lipinski definition) is 4. The first-order valence-corrected chi connectivity index (χ1v) is 8.08. The zero-order valence-corrected chi connectivity index (χ0v) is 13.9. The quantitative estimate of drug-likeness (QED) is 0.603. The second kappa shape index (κ2) is 6.91. The summed E-state index contributed by atoms with van der Waals surface area (Å²) >= 11 is 0. The maximum atomic E-state index is 13.3. The van der Waals surface area contributed by atoms with Gasteiger partial charge in [0.2, 0.25) is 0 Å². The van der Waals surface area contributed by atoms with Gasteiger partial charge in [0.05, 0.1) is 5.56 Å². The maximum Gasteiger partial charge on any atom is 0.258 e. The van der Waals surface area contributed by atoms with Gasteiger partial charge in [-0.25, -0.2) is 13.8 Å². The van der Waals surface area contributed by atoms with E-state index in [-0.39, 0.29) is 5.91 Å². The molecule has 8 heteroatoms. The van der Waals surface area contributed by atoms with E-state index in [1.54, 1.807) is 41.1 Å². The molecule has 3 heterocycles. The van der Waals surface area contributed by atoms with Crippen LogP contribution in [0.4, 0.5) is 14.6 Å². The molecule has 0 aliphatic rings. The Labute approximate surface area is 152 Å². The van der Waals surface area contributed by atoms with E-state index in [9.17, 15) is 13.6 Å². The van der Waals surface area contributed by atoms with Crippen LogP contribution in [-0.4, -0.2) is 25.5 Å². The molecule has 0 aliphatic carbocycles. The third kappa shape index (κ3) is 3.64. The Morgan fingerprint density at radius 3 is 2.67 bits per heavy atom. The topological polar surface area (TPSA) is 72.2 Å². The van der Waals surface area contributed by atoms with Gasteiger partial charge in [0.25, 0.3) is 5.91 Å². The summed E-state index contributed by atoms with van der Waals surface area (Å²) in [7, 11) is 0. The number of halogens is 2. The Balaban J connectivity index is 1.45. The van der Waals surface area contributed by atoms with E-state index in [1.807, 2.05) is 0 Å². The van der Waals surface area contributed by atoms with Crippen molar-refractivity contribution in [3.63, 3.8) is 0 Å². The molecule has 0 spiro atoms. The smallest absolute Gasteiger partial charge is 0.258 e. The Morgan fingerprint density at radius 1 is 1.04 bits per heavy atom. The van der Waals surface area contributed by atoms with Crippen molar-refractivity contribution >= 4 is 17.4 Å². The predicted molar refractivity (Wildman–Crippen MR) is 94.3 cm³/mol. The zero-order chi connectivity index (χ0) is 18.8. The van der Waals surface area contributed by atoms with Crippen molar-refractivity contribution in [1.82, 2.24) is 19.6 Å². The fourth-order valence-electron chi connectivity index (χ4n) is 2.64. The number of nitrogens with zero attached hydrogens (tertiary/aromatic N) is 4. The van der Waals surface area contributed by atoms with E-state index in [2.05, 4.69) is 20.5 Å². The minimum absolute atomic E-state index is 0.313. The van der Waals surface area contributed by atoms with Crippen LogP contribution in [0.25, 0.3) is 5.65 Å². The first-order valence-electron chi connectivity index (χ1n) is 8.08. The van der Waals surface area contributed by atoms with E-state index < -0.39 is 11.6 Å². The van der Waals surface area contributed by atoms with E-state index in [0.717, 1.165) is 17.7 Å². The fourth-order valence-corrected chi connectivity index (χ4v) is 2.64. The van der Waals surface area contributed by atoms with Crippen LogP contribution in [0.2, 0.25) is 0 Å². The average molecular weight is 365 g/mol. The van der Waals surface area contributed by atoms with E-state index >= 15 is 0 Å². The van der Waals surface area contributed by atoms with Gasteiger partial charge in [-0.05, 0) is 47.9 Å². The van der Waals surface area contributed by atoms with Crippen LogP contribution >= 0.6 is 0 Å². The lowest BCUT2D eigenvalue weighted by Crippen LogP contribution is -2.13. The molecule has 0 saturated heterocycles. The lowest BCUT2D eigenvalue weighted by atomic mass is 10.1. The van der Waals surface area contributed by atoms with Gasteiger partial charge in [0, 0.05) is 12.4 Å². The van der Waals surface area contributed by atoms with Gasteiger partial charge >= 0.3 is 0 Å². The van der Waals surface area contributed by atoms with E-state index in [0.29, 0.717) is 29.0 Å². The molecule has 27 heavy (non-hydrogen) atoms. The average Bonchev–Trinajstić information content (AvgIpc) is 3.14. The molecule has 0 bridgehead atoms. The van der Waals surface area contributed by atoms with Crippen molar-refractivity contribution in [2.75, 3.05) is 5.32 Å². The molecule has 1 N–H and O–H groups in total. The fraction of sp³-hybridized carbons (Fsp3) is 0.0526. The van der Waals surface area contributed by atoms with Crippen molar-refractivity contribution in [2.24, 2.45) is 0 Å². The van der Waals surface area contributed by atoms with Crippen LogP contribution in [0.5, 0.6) is 0 Å². The summed E-state index contributed by atoms with van der Waals surface area (Å²) in [6, 6.07) is 10.6. The summed E-state index contributed by atoms with van der Waals surface area (Å²) < 4.78 is 27.9. The Hall–Kier alpha value is -3.68. The molecule has 134 valence electrons. The predicted octanol–water partition coefficient (Wildman–Crippen LogP) is 3.25. The largest absolute Gasteiger partial charge is 0.307 e. The Morgan fingerprint density at radius 2 is 1.89 bits per heavy atom. The van der Waals surface area contributed by atoms with E-state index in [4.69, 9.17) is 0 Å². The second-order valence-corrected chi connectivity index (χ2v) is 5.95. The third-order valence-corrected chi connectivity index (χ3v) is 4.01. The van der Waals surface area contributed by atoms with Crippen LogP contribution in [0, 0.1) is 11.6 Å². The number of anilines is 1. The third-order valence-electron chi connectivity index (χ3n) is 4.01. The van der Waals surface area contributed by atoms with Crippen LogP contribution in [0.1, 0.15) is 21.5 Å². The number of carbonyl (C=O) groups excluding carboxylic acids is 1. The minimum Gasteiger partial charge on any atom is -0.307 e. The molecule has 0 fully saturated rings. The van der Waals surface area contributed by atoms with Crippen molar-refractivity contribution in [1.29, 1.82) is 0 Å². The normalized spacial score (nSPS) is 10.9. The number of carbonyl (C=O) groups is 1. The first-order chi connectivity index (χ1) is 13.1. The summed E-state index contributed by atoms with van der Waals surface area (Å²) in [5.41, 5.74) is 2.53. The number of rotatable bonds is 4. The SMILES string of the molecule is O=C(Nc1ccc(Cc2ccc(F)c(F)c2)cn1)c1ccc2nncn2c1. The lowest BCUT2D eigenvalue weighted by molar-refractivity contribution is 0.102. The highest BCUT2D eigenvalue weighted by molar-refractivity contribution is 6.03. The Kier molecular flexibility index (Phi) is 4.29. The van der Waals surface area contributed by atoms with Gasteiger partial charge in [-0.3, -0.25) is 9.20 Å². The van der Waals surface area contributed by atoms with Gasteiger partial charge < -0.3 is 5.32 Å². The van der Waals surface area contributed by atoms with Crippen molar-refractivity contribution in [2.45, 2.75) is 6.42 Å². The molecule has 3 aromatic heterocycles. The summed E-state index contributed by atoms with van der Waals surface area (Å²) in [6.07, 6.45) is 5.13. The number of hydrogen-bond donors (Lipinski definition) is 1. The highest BCUT2D eigenvalue weighted by Crippen LogP contribution is 2.15. The van der Waals surface area contributed by atoms with Gasteiger partial charge in [0.15, 0.2) is 17.3 Å². The highest BCUT2D eigenvalue weighted by atomic mass is 19.2. The molecule has 1 amide bonds. The maximum absolute atomic E-state index is 13.3. The Bertz CT molecular complexity index is 1120. The monoisotopic (exact) mass is 365 g/mol. The van der Waals surface area contributed by atoms with Crippen LogP contribution < -0.4 is 5.32 Å². The number of benzene rings is 1. The lowest BCUT2D eigenvalue weighted by Gasteiger charge is -2.07. The molecule has 0 atom stereocenters. The number of fused-ring (bicyclic) bond motifs is 1. The van der Waals surface area contributed by atoms with Gasteiger partial charge in [-0.1, -0.05) is 12.1 Å². The minimum atomic E-state index is -0.880. The summed E-state index contributed by atoms with van der Waals surface area (Å²) in [6.45, 7) is 0. The molecule has 4 aromatic rings.